The van der Waals surface area contributed by atoms with Crippen LogP contribution in [0.25, 0.3) is 0 Å². The molecule has 0 aliphatic rings. The van der Waals surface area contributed by atoms with Crippen LogP contribution in [0.5, 0.6) is 0 Å². The van der Waals surface area contributed by atoms with Crippen molar-refractivity contribution in [1.29, 1.82) is 0 Å². The van der Waals surface area contributed by atoms with Crippen molar-refractivity contribution in [2.24, 2.45) is 0 Å². The van der Waals surface area contributed by atoms with Crippen LogP contribution in [0.3, 0.4) is 0 Å². The standard InChI is InChI=1S/C18H24N2O4S2/c1-11-7-12(2)9-16(8-11)19-26(23,24)18-14(4)10-13(3)17(15(18)5)20-25(6,21)22/h7-10,19-20H,1-6H3. The molecule has 0 fully saturated rings. The molecule has 2 aromatic carbocycles. The van der Waals surface area contributed by atoms with E-state index in [0.29, 0.717) is 28.1 Å². The van der Waals surface area contributed by atoms with Gasteiger partial charge in [0.1, 0.15) is 0 Å². The van der Waals surface area contributed by atoms with Gasteiger partial charge in [0.2, 0.25) is 10.0 Å². The second-order valence-electron chi connectivity index (χ2n) is 6.70. The average molecular weight is 397 g/mol. The number of hydrogen-bond acceptors (Lipinski definition) is 4. The van der Waals surface area contributed by atoms with Gasteiger partial charge in [-0.2, -0.15) is 0 Å². The Kier molecular flexibility index (Phi) is 5.39. The second kappa shape index (κ2) is 6.92. The fourth-order valence-electron chi connectivity index (χ4n) is 3.16. The summed E-state index contributed by atoms with van der Waals surface area (Å²) in [6.07, 6.45) is 1.04. The van der Waals surface area contributed by atoms with Crippen molar-refractivity contribution in [3.05, 3.63) is 52.1 Å². The zero-order chi connectivity index (χ0) is 19.9. The van der Waals surface area contributed by atoms with Crippen molar-refractivity contribution in [2.45, 2.75) is 39.5 Å². The highest BCUT2D eigenvalue weighted by Gasteiger charge is 2.24. The molecule has 0 unspecified atom stereocenters. The molecule has 2 rings (SSSR count). The Labute approximate surface area is 155 Å². The van der Waals surface area contributed by atoms with E-state index in [1.165, 1.54) is 0 Å². The lowest BCUT2D eigenvalue weighted by molar-refractivity contribution is 0.599. The summed E-state index contributed by atoms with van der Waals surface area (Å²) in [5.41, 5.74) is 4.23. The molecule has 0 aliphatic heterocycles. The number of hydrogen-bond donors (Lipinski definition) is 2. The molecule has 2 N–H and O–H groups in total. The minimum Gasteiger partial charge on any atom is -0.283 e. The number of sulfonamides is 2. The van der Waals surface area contributed by atoms with E-state index in [1.54, 1.807) is 39.0 Å². The van der Waals surface area contributed by atoms with Gasteiger partial charge in [-0.25, -0.2) is 16.8 Å². The normalized spacial score (nSPS) is 12.1. The van der Waals surface area contributed by atoms with Gasteiger partial charge >= 0.3 is 0 Å². The maximum Gasteiger partial charge on any atom is 0.262 e. The van der Waals surface area contributed by atoms with E-state index in [1.807, 2.05) is 19.9 Å². The zero-order valence-electron chi connectivity index (χ0n) is 15.8. The maximum atomic E-state index is 13.0. The van der Waals surface area contributed by atoms with E-state index in [0.717, 1.165) is 17.4 Å². The van der Waals surface area contributed by atoms with Crippen molar-refractivity contribution in [3.63, 3.8) is 0 Å². The van der Waals surface area contributed by atoms with Crippen molar-refractivity contribution in [3.8, 4) is 0 Å². The Morgan fingerprint density at radius 1 is 0.731 bits per heavy atom. The lowest BCUT2D eigenvalue weighted by atomic mass is 10.1. The molecule has 2 aromatic rings. The Bertz CT molecular complexity index is 1050. The Hall–Kier alpha value is -2.06. The van der Waals surface area contributed by atoms with Crippen LogP contribution in [0.15, 0.2) is 29.2 Å². The Morgan fingerprint density at radius 3 is 1.77 bits per heavy atom. The maximum absolute atomic E-state index is 13.0. The van der Waals surface area contributed by atoms with E-state index in [4.69, 9.17) is 0 Å². The molecule has 0 aromatic heterocycles. The fraction of sp³-hybridized carbons (Fsp3) is 0.333. The molecule has 0 atom stereocenters. The molecule has 6 nitrogen and oxygen atoms in total. The third kappa shape index (κ3) is 4.56. The largest absolute Gasteiger partial charge is 0.283 e. The predicted octanol–water partition coefficient (Wildman–Crippen LogP) is 3.40. The second-order valence-corrected chi connectivity index (χ2v) is 10.1. The lowest BCUT2D eigenvalue weighted by Gasteiger charge is -2.19. The summed E-state index contributed by atoms with van der Waals surface area (Å²) < 4.78 is 54.3. The average Bonchev–Trinajstić information content (AvgIpc) is 2.39. The molecule has 0 amide bonds. The monoisotopic (exact) mass is 396 g/mol. The zero-order valence-corrected chi connectivity index (χ0v) is 17.4. The highest BCUT2D eigenvalue weighted by atomic mass is 32.2. The highest BCUT2D eigenvalue weighted by molar-refractivity contribution is 7.93. The van der Waals surface area contributed by atoms with E-state index < -0.39 is 20.0 Å². The molecule has 8 heteroatoms. The van der Waals surface area contributed by atoms with Crippen LogP contribution in [0.2, 0.25) is 0 Å². The minimum absolute atomic E-state index is 0.0772. The molecule has 0 radical (unpaired) electrons. The van der Waals surface area contributed by atoms with Gasteiger partial charge in [0.15, 0.2) is 0 Å². The first-order chi connectivity index (χ1) is 11.8. The number of nitrogens with one attached hydrogen (secondary N) is 2. The molecule has 0 saturated heterocycles. The lowest BCUT2D eigenvalue weighted by Crippen LogP contribution is -2.19. The van der Waals surface area contributed by atoms with Gasteiger partial charge in [-0.3, -0.25) is 9.44 Å². The van der Waals surface area contributed by atoms with Crippen LogP contribution in [0, 0.1) is 34.6 Å². The SMILES string of the molecule is Cc1cc(C)cc(NS(=O)(=O)c2c(C)cc(C)c(NS(C)(=O)=O)c2C)c1. The summed E-state index contributed by atoms with van der Waals surface area (Å²) in [5, 5.41) is 0. The van der Waals surface area contributed by atoms with Gasteiger partial charge < -0.3 is 0 Å². The van der Waals surface area contributed by atoms with Crippen LogP contribution in [0.4, 0.5) is 11.4 Å². The first-order valence-electron chi connectivity index (χ1n) is 8.00. The molecular weight excluding hydrogens is 372 g/mol. The predicted molar refractivity (Wildman–Crippen MR) is 106 cm³/mol. The van der Waals surface area contributed by atoms with E-state index >= 15 is 0 Å². The topological polar surface area (TPSA) is 92.3 Å². The van der Waals surface area contributed by atoms with Gasteiger partial charge in [0.05, 0.1) is 16.8 Å². The molecule has 26 heavy (non-hydrogen) atoms. The molecular formula is C18H24N2O4S2. The third-order valence-electron chi connectivity index (χ3n) is 3.93. The Balaban J connectivity index is 2.60. The van der Waals surface area contributed by atoms with Gasteiger partial charge in [0.25, 0.3) is 10.0 Å². The molecule has 142 valence electrons. The quantitative estimate of drug-likeness (QED) is 0.810. The van der Waals surface area contributed by atoms with Crippen LogP contribution in [0.1, 0.15) is 27.8 Å². The summed E-state index contributed by atoms with van der Waals surface area (Å²) in [7, 11) is -7.42. The number of aryl methyl sites for hydroxylation is 4. The van der Waals surface area contributed by atoms with Crippen molar-refractivity contribution in [1.82, 2.24) is 0 Å². The minimum atomic E-state index is -3.89. The fourth-order valence-corrected chi connectivity index (χ4v) is 5.37. The summed E-state index contributed by atoms with van der Waals surface area (Å²) >= 11 is 0. The van der Waals surface area contributed by atoms with Gasteiger partial charge in [0, 0.05) is 5.69 Å². The molecule has 0 heterocycles. The number of benzene rings is 2. The smallest absolute Gasteiger partial charge is 0.262 e. The summed E-state index contributed by atoms with van der Waals surface area (Å²) in [5.74, 6) is 0. The molecule has 0 spiro atoms. The number of rotatable bonds is 5. The summed E-state index contributed by atoms with van der Waals surface area (Å²) in [6.45, 7) is 8.81. The van der Waals surface area contributed by atoms with E-state index in [2.05, 4.69) is 9.44 Å². The van der Waals surface area contributed by atoms with E-state index in [9.17, 15) is 16.8 Å². The third-order valence-corrected chi connectivity index (χ3v) is 6.18. The van der Waals surface area contributed by atoms with Gasteiger partial charge in [-0.05, 0) is 74.6 Å². The van der Waals surface area contributed by atoms with Crippen molar-refractivity contribution >= 4 is 31.4 Å². The first-order valence-corrected chi connectivity index (χ1v) is 11.4. The summed E-state index contributed by atoms with van der Waals surface area (Å²) in [6, 6.07) is 7.11. The van der Waals surface area contributed by atoms with Crippen LogP contribution in [-0.4, -0.2) is 23.1 Å². The van der Waals surface area contributed by atoms with Crippen molar-refractivity contribution in [2.75, 3.05) is 15.7 Å². The number of anilines is 2. The molecule has 0 bridgehead atoms. The van der Waals surface area contributed by atoms with Crippen LogP contribution >= 0.6 is 0 Å². The molecule has 0 saturated carbocycles. The molecule has 0 aliphatic carbocycles. The summed E-state index contributed by atoms with van der Waals surface area (Å²) in [4.78, 5) is 0.0772. The van der Waals surface area contributed by atoms with Gasteiger partial charge in [-0.1, -0.05) is 12.1 Å². The van der Waals surface area contributed by atoms with Crippen LogP contribution < -0.4 is 9.44 Å². The van der Waals surface area contributed by atoms with Gasteiger partial charge in [-0.15, -0.1) is 0 Å². The van der Waals surface area contributed by atoms with Crippen molar-refractivity contribution < 1.29 is 16.8 Å². The first kappa shape index (κ1) is 20.3. The van der Waals surface area contributed by atoms with Crippen LogP contribution in [-0.2, 0) is 20.0 Å². The highest BCUT2D eigenvalue weighted by Crippen LogP contribution is 2.32. The van der Waals surface area contributed by atoms with E-state index in [-0.39, 0.29) is 4.90 Å². The Morgan fingerprint density at radius 2 is 1.27 bits per heavy atom.